The Balaban J connectivity index is 1.80. The van der Waals surface area contributed by atoms with Crippen molar-refractivity contribution in [3.63, 3.8) is 0 Å². The lowest BCUT2D eigenvalue weighted by atomic mass is 9.93. The molecule has 2 aliphatic rings. The van der Waals surface area contributed by atoms with Crippen molar-refractivity contribution in [1.82, 2.24) is 10.2 Å². The van der Waals surface area contributed by atoms with Crippen LogP contribution in [0.3, 0.4) is 0 Å². The van der Waals surface area contributed by atoms with Crippen LogP contribution in [0.5, 0.6) is 5.75 Å². The average molecular weight is 287 g/mol. The molecule has 1 aromatic carbocycles. The van der Waals surface area contributed by atoms with Crippen LogP contribution in [-0.4, -0.2) is 23.1 Å². The smallest absolute Gasteiger partial charge is 0.119 e. The second-order valence-corrected chi connectivity index (χ2v) is 6.44. The van der Waals surface area contributed by atoms with Crippen LogP contribution in [0.25, 0.3) is 0 Å². The molecule has 0 saturated heterocycles. The zero-order valence-electron chi connectivity index (χ0n) is 11.6. The average Bonchev–Trinajstić information content (AvgIpc) is 2.94. The van der Waals surface area contributed by atoms with Gasteiger partial charge in [-0.05, 0) is 30.7 Å². The number of aromatic nitrogens is 2. The van der Waals surface area contributed by atoms with Crippen LogP contribution >= 0.6 is 11.8 Å². The predicted octanol–water partition coefficient (Wildman–Crippen LogP) is 3.22. The molecule has 20 heavy (non-hydrogen) atoms. The van der Waals surface area contributed by atoms with Crippen LogP contribution in [0.15, 0.2) is 18.2 Å². The fourth-order valence-corrected chi connectivity index (χ4v) is 4.51. The number of rotatable bonds is 1. The maximum atomic E-state index is 5.37. The van der Waals surface area contributed by atoms with E-state index in [-0.39, 0.29) is 6.04 Å². The SMILES string of the molecule is COc1ccc2c(c1)C1CSCc3c(n[nH]c3C)C1N2. The van der Waals surface area contributed by atoms with Gasteiger partial charge in [-0.15, -0.1) is 0 Å². The Hall–Kier alpha value is -1.62. The molecule has 4 rings (SSSR count). The number of methoxy groups -OCH3 is 1. The van der Waals surface area contributed by atoms with Crippen molar-refractivity contribution in [3.8, 4) is 5.75 Å². The van der Waals surface area contributed by atoms with Crippen LogP contribution < -0.4 is 10.1 Å². The first-order valence-corrected chi connectivity index (χ1v) is 7.99. The van der Waals surface area contributed by atoms with Gasteiger partial charge in [-0.2, -0.15) is 16.9 Å². The number of thioether (sulfide) groups is 1. The number of hydrogen-bond acceptors (Lipinski definition) is 4. The highest BCUT2D eigenvalue weighted by atomic mass is 32.2. The standard InChI is InChI=1S/C15H17N3OS/c1-8-11-6-20-7-12-10-5-9(19-2)3-4-13(10)16-14(12)15(11)18-17-8/h3-5,12,14,16H,6-7H2,1-2H3,(H,17,18). The lowest BCUT2D eigenvalue weighted by Gasteiger charge is -2.16. The van der Waals surface area contributed by atoms with Crippen molar-refractivity contribution in [3.05, 3.63) is 40.7 Å². The summed E-state index contributed by atoms with van der Waals surface area (Å²) in [6.45, 7) is 2.11. The van der Waals surface area contributed by atoms with Crippen LogP contribution in [0.2, 0.25) is 0 Å². The molecule has 1 aromatic heterocycles. The third-order valence-corrected chi connectivity index (χ3v) is 5.40. The minimum absolute atomic E-state index is 0.284. The van der Waals surface area contributed by atoms with Gasteiger partial charge in [0.2, 0.25) is 0 Å². The molecule has 0 fully saturated rings. The number of nitrogens with zero attached hydrogens (tertiary/aromatic N) is 1. The highest BCUT2D eigenvalue weighted by molar-refractivity contribution is 7.98. The predicted molar refractivity (Wildman–Crippen MR) is 81.6 cm³/mol. The minimum atomic E-state index is 0.284. The van der Waals surface area contributed by atoms with E-state index >= 15 is 0 Å². The monoisotopic (exact) mass is 287 g/mol. The molecule has 0 radical (unpaired) electrons. The first-order chi connectivity index (χ1) is 9.78. The molecule has 2 unspecified atom stereocenters. The maximum Gasteiger partial charge on any atom is 0.119 e. The lowest BCUT2D eigenvalue weighted by Crippen LogP contribution is -2.13. The number of hydrogen-bond donors (Lipinski definition) is 2. The first-order valence-electron chi connectivity index (χ1n) is 6.84. The van der Waals surface area contributed by atoms with Gasteiger partial charge in [0.15, 0.2) is 0 Å². The molecule has 104 valence electrons. The summed E-state index contributed by atoms with van der Waals surface area (Å²) < 4.78 is 5.37. The summed E-state index contributed by atoms with van der Waals surface area (Å²) in [6, 6.07) is 6.58. The lowest BCUT2D eigenvalue weighted by molar-refractivity contribution is 0.414. The molecule has 2 aliphatic heterocycles. The van der Waals surface area contributed by atoms with E-state index in [4.69, 9.17) is 4.74 Å². The van der Waals surface area contributed by atoms with Gasteiger partial charge in [0, 0.05) is 34.4 Å². The Morgan fingerprint density at radius 1 is 1.40 bits per heavy atom. The Kier molecular flexibility index (Phi) is 2.70. The van der Waals surface area contributed by atoms with E-state index in [2.05, 4.69) is 34.6 Å². The van der Waals surface area contributed by atoms with Gasteiger partial charge >= 0.3 is 0 Å². The Morgan fingerprint density at radius 2 is 2.30 bits per heavy atom. The Morgan fingerprint density at radius 3 is 3.15 bits per heavy atom. The van der Waals surface area contributed by atoms with Gasteiger partial charge in [-0.25, -0.2) is 0 Å². The van der Waals surface area contributed by atoms with E-state index in [1.54, 1.807) is 7.11 Å². The molecule has 4 nitrogen and oxygen atoms in total. The highest BCUT2D eigenvalue weighted by Crippen LogP contribution is 2.49. The molecule has 3 heterocycles. The van der Waals surface area contributed by atoms with Crippen molar-refractivity contribution in [2.45, 2.75) is 24.6 Å². The molecule has 0 amide bonds. The largest absolute Gasteiger partial charge is 0.497 e. The van der Waals surface area contributed by atoms with Crippen LogP contribution in [-0.2, 0) is 5.75 Å². The molecule has 2 aromatic rings. The number of fused-ring (bicyclic) bond motifs is 5. The molecule has 0 aliphatic carbocycles. The van der Waals surface area contributed by atoms with Gasteiger partial charge in [-0.1, -0.05) is 0 Å². The highest BCUT2D eigenvalue weighted by Gasteiger charge is 2.38. The normalized spacial score (nSPS) is 23.3. The quantitative estimate of drug-likeness (QED) is 0.845. The fraction of sp³-hybridized carbons (Fsp3) is 0.400. The third kappa shape index (κ3) is 1.66. The van der Waals surface area contributed by atoms with Crippen molar-refractivity contribution in [2.75, 3.05) is 18.2 Å². The van der Waals surface area contributed by atoms with Crippen LogP contribution in [0, 0.1) is 6.92 Å². The number of H-pyrrole nitrogens is 1. The van der Waals surface area contributed by atoms with E-state index < -0.39 is 0 Å². The zero-order chi connectivity index (χ0) is 13.7. The van der Waals surface area contributed by atoms with Gasteiger partial charge in [0.25, 0.3) is 0 Å². The first kappa shape index (κ1) is 12.1. The molecular weight excluding hydrogens is 270 g/mol. The molecule has 0 bridgehead atoms. The van der Waals surface area contributed by atoms with Gasteiger partial charge in [-0.3, -0.25) is 5.10 Å². The Labute approximate surface area is 122 Å². The number of nitrogens with one attached hydrogen (secondary N) is 2. The van der Waals surface area contributed by atoms with E-state index in [1.165, 1.54) is 28.2 Å². The summed E-state index contributed by atoms with van der Waals surface area (Å²) in [5.41, 5.74) is 6.33. The van der Waals surface area contributed by atoms with Crippen molar-refractivity contribution in [2.24, 2.45) is 0 Å². The van der Waals surface area contributed by atoms with Crippen molar-refractivity contribution in [1.29, 1.82) is 0 Å². The summed E-state index contributed by atoms with van der Waals surface area (Å²) in [5, 5.41) is 11.3. The third-order valence-electron chi connectivity index (χ3n) is 4.32. The van der Waals surface area contributed by atoms with Gasteiger partial charge < -0.3 is 10.1 Å². The number of ether oxygens (including phenoxy) is 1. The van der Waals surface area contributed by atoms with Crippen molar-refractivity contribution < 1.29 is 4.74 Å². The van der Waals surface area contributed by atoms with Gasteiger partial charge in [0.1, 0.15) is 5.75 Å². The second-order valence-electron chi connectivity index (χ2n) is 5.41. The van der Waals surface area contributed by atoms with E-state index in [9.17, 15) is 0 Å². The summed E-state index contributed by atoms with van der Waals surface area (Å²) >= 11 is 1.99. The summed E-state index contributed by atoms with van der Waals surface area (Å²) in [7, 11) is 1.72. The number of aromatic amines is 1. The molecule has 2 N–H and O–H groups in total. The Bertz CT molecular complexity index is 667. The van der Waals surface area contributed by atoms with Crippen LogP contribution in [0.4, 0.5) is 5.69 Å². The van der Waals surface area contributed by atoms with Gasteiger partial charge in [0.05, 0.1) is 18.8 Å². The molecule has 2 atom stereocenters. The molecule has 0 spiro atoms. The minimum Gasteiger partial charge on any atom is -0.497 e. The maximum absolute atomic E-state index is 5.37. The summed E-state index contributed by atoms with van der Waals surface area (Å²) in [6.07, 6.45) is 0. The number of benzene rings is 1. The van der Waals surface area contributed by atoms with Crippen LogP contribution in [0.1, 0.15) is 34.5 Å². The van der Waals surface area contributed by atoms with E-state index in [0.717, 1.165) is 17.3 Å². The molecule has 0 saturated carbocycles. The number of anilines is 1. The molecule has 5 heteroatoms. The molecular formula is C15H17N3OS. The number of aryl methyl sites for hydroxylation is 1. The zero-order valence-corrected chi connectivity index (χ0v) is 12.4. The van der Waals surface area contributed by atoms with E-state index in [1.807, 2.05) is 17.8 Å². The summed E-state index contributed by atoms with van der Waals surface area (Å²) in [5.74, 6) is 3.56. The van der Waals surface area contributed by atoms with E-state index in [0.29, 0.717) is 5.92 Å². The topological polar surface area (TPSA) is 49.9 Å². The van der Waals surface area contributed by atoms with Crippen molar-refractivity contribution >= 4 is 17.4 Å². The summed E-state index contributed by atoms with van der Waals surface area (Å²) in [4.78, 5) is 0. The second kappa shape index (κ2) is 4.45. The fourth-order valence-electron chi connectivity index (χ4n) is 3.20.